The molecule has 21 heavy (non-hydrogen) atoms. The van der Waals surface area contributed by atoms with Gasteiger partial charge in [-0.2, -0.15) is 13.2 Å². The third-order valence-corrected chi connectivity index (χ3v) is 3.85. The van der Waals surface area contributed by atoms with Crippen molar-refractivity contribution in [3.8, 4) is 0 Å². The topological polar surface area (TPSA) is 40.5 Å². The molecule has 1 aromatic carbocycles. The van der Waals surface area contributed by atoms with Crippen LogP contribution in [0.25, 0.3) is 0 Å². The summed E-state index contributed by atoms with van der Waals surface area (Å²) in [5, 5.41) is 8.97. The average Bonchev–Trinajstić information content (AvgIpc) is 2.37. The summed E-state index contributed by atoms with van der Waals surface area (Å²) in [4.78, 5) is 12.8. The van der Waals surface area contributed by atoms with E-state index in [0.717, 1.165) is 12.1 Å². The minimum Gasteiger partial charge on any atom is -0.481 e. The van der Waals surface area contributed by atoms with Gasteiger partial charge in [-0.05, 0) is 49.7 Å². The van der Waals surface area contributed by atoms with Crippen LogP contribution >= 0.6 is 11.6 Å². The number of nitrogens with zero attached hydrogens (tertiary/aromatic N) is 1. The smallest absolute Gasteiger partial charge is 0.416 e. The SMILES string of the molecule is O=C(O)C1CCN(Cc2cc(Cl)cc(C(F)(F)F)c2)CC1. The number of carbonyl (C=O) groups is 1. The number of benzene rings is 1. The Bertz CT molecular complexity index is 525. The summed E-state index contributed by atoms with van der Waals surface area (Å²) in [5.74, 6) is -1.16. The van der Waals surface area contributed by atoms with Crippen molar-refractivity contribution in [2.24, 2.45) is 5.92 Å². The van der Waals surface area contributed by atoms with Crippen LogP contribution in [-0.4, -0.2) is 29.1 Å². The second-order valence-corrected chi connectivity index (χ2v) is 5.67. The molecule has 0 bridgehead atoms. The Morgan fingerprint density at radius 3 is 2.43 bits per heavy atom. The van der Waals surface area contributed by atoms with Gasteiger partial charge >= 0.3 is 12.1 Å². The molecule has 116 valence electrons. The molecule has 0 atom stereocenters. The van der Waals surface area contributed by atoms with Crippen LogP contribution in [0.3, 0.4) is 0 Å². The van der Waals surface area contributed by atoms with Gasteiger partial charge in [0.15, 0.2) is 0 Å². The van der Waals surface area contributed by atoms with Crippen LogP contribution in [0, 0.1) is 5.92 Å². The maximum atomic E-state index is 12.7. The van der Waals surface area contributed by atoms with E-state index in [2.05, 4.69) is 0 Å². The number of rotatable bonds is 3. The van der Waals surface area contributed by atoms with Crippen molar-refractivity contribution in [1.29, 1.82) is 0 Å². The molecule has 1 aliphatic rings. The summed E-state index contributed by atoms with van der Waals surface area (Å²) < 4.78 is 38.2. The number of likely N-dealkylation sites (tertiary alicyclic amines) is 1. The Kier molecular flexibility index (Phi) is 4.78. The first-order chi connectivity index (χ1) is 9.75. The van der Waals surface area contributed by atoms with Crippen LogP contribution in [0.1, 0.15) is 24.0 Å². The fraction of sp³-hybridized carbons (Fsp3) is 0.500. The van der Waals surface area contributed by atoms with Crippen LogP contribution in [0.5, 0.6) is 0 Å². The van der Waals surface area contributed by atoms with E-state index in [1.54, 1.807) is 0 Å². The fourth-order valence-electron chi connectivity index (χ4n) is 2.50. The van der Waals surface area contributed by atoms with Crippen molar-refractivity contribution < 1.29 is 23.1 Å². The predicted molar refractivity (Wildman–Crippen MR) is 72.1 cm³/mol. The molecular weight excluding hydrogens is 307 g/mol. The first-order valence-corrected chi connectivity index (χ1v) is 6.95. The highest BCUT2D eigenvalue weighted by atomic mass is 35.5. The quantitative estimate of drug-likeness (QED) is 0.923. The largest absolute Gasteiger partial charge is 0.481 e. The first-order valence-electron chi connectivity index (χ1n) is 6.57. The average molecular weight is 322 g/mol. The van der Waals surface area contributed by atoms with Gasteiger partial charge in [0.25, 0.3) is 0 Å². The summed E-state index contributed by atoms with van der Waals surface area (Å²) in [6, 6.07) is 3.51. The molecule has 1 saturated heterocycles. The number of aliphatic carboxylic acids is 1. The van der Waals surface area contributed by atoms with E-state index in [-0.39, 0.29) is 10.9 Å². The molecule has 1 aliphatic heterocycles. The van der Waals surface area contributed by atoms with E-state index < -0.39 is 17.7 Å². The summed E-state index contributed by atoms with van der Waals surface area (Å²) in [7, 11) is 0. The van der Waals surface area contributed by atoms with Crippen LogP contribution in [0.4, 0.5) is 13.2 Å². The number of carboxylic acid groups (broad SMARTS) is 1. The molecule has 3 nitrogen and oxygen atoms in total. The molecule has 1 fully saturated rings. The Labute approximate surface area is 125 Å². The lowest BCUT2D eigenvalue weighted by molar-refractivity contribution is -0.143. The molecule has 0 radical (unpaired) electrons. The number of piperidine rings is 1. The number of hydrogen-bond donors (Lipinski definition) is 1. The van der Waals surface area contributed by atoms with Crippen molar-refractivity contribution in [3.63, 3.8) is 0 Å². The molecule has 1 aromatic rings. The van der Waals surface area contributed by atoms with Crippen LogP contribution in [-0.2, 0) is 17.5 Å². The number of alkyl halides is 3. The zero-order valence-electron chi connectivity index (χ0n) is 11.2. The second kappa shape index (κ2) is 6.23. The molecular formula is C14H15ClF3NO2. The van der Waals surface area contributed by atoms with E-state index in [0.29, 0.717) is 38.0 Å². The molecule has 0 saturated carbocycles. The van der Waals surface area contributed by atoms with Crippen molar-refractivity contribution in [3.05, 3.63) is 34.3 Å². The van der Waals surface area contributed by atoms with Crippen LogP contribution in [0.15, 0.2) is 18.2 Å². The maximum Gasteiger partial charge on any atom is 0.416 e. The summed E-state index contributed by atoms with van der Waals surface area (Å²) in [6.45, 7) is 1.46. The highest BCUT2D eigenvalue weighted by Crippen LogP contribution is 2.32. The molecule has 0 spiro atoms. The molecule has 0 aliphatic carbocycles. The van der Waals surface area contributed by atoms with Crippen molar-refractivity contribution in [2.45, 2.75) is 25.6 Å². The van der Waals surface area contributed by atoms with Gasteiger partial charge in [0.2, 0.25) is 0 Å². The third kappa shape index (κ3) is 4.35. The monoisotopic (exact) mass is 321 g/mol. The highest BCUT2D eigenvalue weighted by molar-refractivity contribution is 6.30. The molecule has 0 unspecified atom stereocenters. The van der Waals surface area contributed by atoms with Crippen molar-refractivity contribution in [2.75, 3.05) is 13.1 Å². The van der Waals surface area contributed by atoms with Crippen molar-refractivity contribution >= 4 is 17.6 Å². The van der Waals surface area contributed by atoms with Gasteiger partial charge in [-0.15, -0.1) is 0 Å². The van der Waals surface area contributed by atoms with Gasteiger partial charge in [-0.1, -0.05) is 11.6 Å². The van der Waals surface area contributed by atoms with E-state index >= 15 is 0 Å². The summed E-state index contributed by atoms with van der Waals surface area (Å²) >= 11 is 5.74. The fourth-order valence-corrected chi connectivity index (χ4v) is 2.76. The van der Waals surface area contributed by atoms with Crippen LogP contribution in [0.2, 0.25) is 5.02 Å². The molecule has 0 aromatic heterocycles. The highest BCUT2D eigenvalue weighted by Gasteiger charge is 2.31. The number of hydrogen-bond acceptors (Lipinski definition) is 2. The van der Waals surface area contributed by atoms with Gasteiger partial charge in [0.1, 0.15) is 0 Å². The van der Waals surface area contributed by atoms with Gasteiger partial charge in [-0.25, -0.2) is 0 Å². The Morgan fingerprint density at radius 1 is 1.29 bits per heavy atom. The van der Waals surface area contributed by atoms with Gasteiger partial charge in [0, 0.05) is 11.6 Å². The third-order valence-electron chi connectivity index (χ3n) is 3.63. The van der Waals surface area contributed by atoms with E-state index in [1.165, 1.54) is 6.07 Å². The van der Waals surface area contributed by atoms with Crippen LogP contribution < -0.4 is 0 Å². The van der Waals surface area contributed by atoms with Gasteiger partial charge in [-0.3, -0.25) is 9.69 Å². The minimum absolute atomic E-state index is 0.0558. The molecule has 1 N–H and O–H groups in total. The van der Waals surface area contributed by atoms with Gasteiger partial charge in [0.05, 0.1) is 11.5 Å². The molecule has 7 heteroatoms. The Balaban J connectivity index is 2.04. The first kappa shape index (κ1) is 16.1. The Morgan fingerprint density at radius 2 is 1.90 bits per heavy atom. The molecule has 2 rings (SSSR count). The zero-order chi connectivity index (χ0) is 15.6. The Hall–Kier alpha value is -1.27. The minimum atomic E-state index is -4.42. The zero-order valence-corrected chi connectivity index (χ0v) is 11.9. The molecule has 0 amide bonds. The number of carboxylic acids is 1. The van der Waals surface area contributed by atoms with Gasteiger partial charge < -0.3 is 5.11 Å². The lowest BCUT2D eigenvalue weighted by Gasteiger charge is -2.30. The second-order valence-electron chi connectivity index (χ2n) is 5.23. The summed E-state index contributed by atoms with van der Waals surface area (Å²) in [6.07, 6.45) is -3.39. The van der Waals surface area contributed by atoms with E-state index in [9.17, 15) is 18.0 Å². The lowest BCUT2D eigenvalue weighted by Crippen LogP contribution is -2.35. The predicted octanol–water partition coefficient (Wildman–Crippen LogP) is 3.66. The lowest BCUT2D eigenvalue weighted by atomic mass is 9.96. The molecule has 1 heterocycles. The van der Waals surface area contributed by atoms with E-state index in [4.69, 9.17) is 16.7 Å². The van der Waals surface area contributed by atoms with E-state index in [1.807, 2.05) is 4.90 Å². The summed E-state index contributed by atoms with van der Waals surface area (Å²) in [5.41, 5.74) is -0.269. The normalized spacial score (nSPS) is 17.9. The standard InChI is InChI=1S/C14H15ClF3NO2/c15-12-6-9(5-11(7-12)14(16,17)18)8-19-3-1-10(2-4-19)13(20)21/h5-7,10H,1-4,8H2,(H,20,21). The number of halogens is 4. The maximum absolute atomic E-state index is 12.7. The van der Waals surface area contributed by atoms with Crippen molar-refractivity contribution in [1.82, 2.24) is 4.90 Å².